The lowest BCUT2D eigenvalue weighted by Gasteiger charge is -2.17. The minimum absolute atomic E-state index is 0.0469. The van der Waals surface area contributed by atoms with Gasteiger partial charge in [0.2, 0.25) is 0 Å². The van der Waals surface area contributed by atoms with E-state index in [9.17, 15) is 9.59 Å². The molecule has 0 bridgehead atoms. The smallest absolute Gasteiger partial charge is 0.338 e. The molecule has 3 nitrogen and oxygen atoms in total. The van der Waals surface area contributed by atoms with Gasteiger partial charge in [0.1, 0.15) is 0 Å². The molecule has 0 aliphatic rings. The third-order valence-electron chi connectivity index (χ3n) is 3.63. The fourth-order valence-corrected chi connectivity index (χ4v) is 3.87. The van der Waals surface area contributed by atoms with Crippen molar-refractivity contribution in [3.8, 4) is 0 Å². The van der Waals surface area contributed by atoms with Crippen LogP contribution < -0.4 is 0 Å². The molecule has 0 amide bonds. The molecule has 126 valence electrons. The van der Waals surface area contributed by atoms with Crippen LogP contribution in [0.1, 0.15) is 40.1 Å². The summed E-state index contributed by atoms with van der Waals surface area (Å²) in [4.78, 5) is 23.5. The van der Waals surface area contributed by atoms with Crippen molar-refractivity contribution in [3.05, 3.63) is 69.7 Å². The summed E-state index contributed by atoms with van der Waals surface area (Å²) in [5.74, 6) is -0.330. The standard InChI is InChI=1S/C19H19BrO3S/c1-13(21)24-18(15-7-5-8-16(20)12-15)11-10-14-6-3-4-9-17(14)19(22)23-2/h3-9,12,18H,10-11H2,1-2H3/t18-/m1/s1. The molecule has 1 atom stereocenters. The summed E-state index contributed by atoms with van der Waals surface area (Å²) in [6, 6.07) is 15.4. The van der Waals surface area contributed by atoms with Crippen LogP contribution in [0.2, 0.25) is 0 Å². The average Bonchev–Trinajstić information content (AvgIpc) is 2.58. The summed E-state index contributed by atoms with van der Waals surface area (Å²) < 4.78 is 5.83. The average molecular weight is 407 g/mol. The molecule has 0 radical (unpaired) electrons. The molecule has 0 aliphatic carbocycles. The Morgan fingerprint density at radius 3 is 2.58 bits per heavy atom. The molecule has 0 heterocycles. The second kappa shape index (κ2) is 9.04. The van der Waals surface area contributed by atoms with Crippen molar-refractivity contribution in [1.29, 1.82) is 0 Å². The number of hydrogen-bond donors (Lipinski definition) is 0. The van der Waals surface area contributed by atoms with E-state index >= 15 is 0 Å². The predicted molar refractivity (Wildman–Crippen MR) is 101 cm³/mol. The number of thioether (sulfide) groups is 1. The molecule has 2 aromatic carbocycles. The first kappa shape index (κ1) is 18.7. The Labute approximate surface area is 154 Å². The van der Waals surface area contributed by atoms with Crippen LogP contribution in [-0.4, -0.2) is 18.2 Å². The summed E-state index contributed by atoms with van der Waals surface area (Å²) >= 11 is 4.80. The highest BCUT2D eigenvalue weighted by Gasteiger charge is 2.17. The molecule has 5 heteroatoms. The van der Waals surface area contributed by atoms with Gasteiger partial charge in [0.05, 0.1) is 12.7 Å². The fraction of sp³-hybridized carbons (Fsp3) is 0.263. The Bertz CT molecular complexity index is 730. The van der Waals surface area contributed by atoms with Crippen molar-refractivity contribution in [2.75, 3.05) is 7.11 Å². The lowest BCUT2D eigenvalue weighted by atomic mass is 9.99. The normalized spacial score (nSPS) is 11.8. The number of methoxy groups -OCH3 is 1. The third-order valence-corrected chi connectivity index (χ3v) is 5.24. The lowest BCUT2D eigenvalue weighted by molar-refractivity contribution is -0.109. The number of hydrogen-bond acceptors (Lipinski definition) is 4. The van der Waals surface area contributed by atoms with Gasteiger partial charge in [-0.3, -0.25) is 4.79 Å². The van der Waals surface area contributed by atoms with Crippen molar-refractivity contribution in [3.63, 3.8) is 0 Å². The maximum Gasteiger partial charge on any atom is 0.338 e. The van der Waals surface area contributed by atoms with Crippen LogP contribution >= 0.6 is 27.7 Å². The zero-order chi connectivity index (χ0) is 17.5. The van der Waals surface area contributed by atoms with Gasteiger partial charge in [0.15, 0.2) is 5.12 Å². The third kappa shape index (κ3) is 5.21. The molecule has 0 N–H and O–H groups in total. The minimum Gasteiger partial charge on any atom is -0.465 e. The van der Waals surface area contributed by atoms with Gasteiger partial charge < -0.3 is 4.74 Å². The van der Waals surface area contributed by atoms with Crippen LogP contribution in [-0.2, 0) is 16.0 Å². The molecule has 0 spiro atoms. The zero-order valence-corrected chi connectivity index (χ0v) is 16.0. The number of esters is 1. The SMILES string of the molecule is COC(=O)c1ccccc1CC[C@@H](SC(C)=O)c1cccc(Br)c1. The molecule has 0 fully saturated rings. The number of rotatable bonds is 6. The van der Waals surface area contributed by atoms with Gasteiger partial charge in [-0.15, -0.1) is 0 Å². The number of carbonyl (C=O) groups excluding carboxylic acids is 2. The summed E-state index contributed by atoms with van der Waals surface area (Å²) in [6.45, 7) is 1.58. The Morgan fingerprint density at radius 1 is 1.17 bits per heavy atom. The number of benzene rings is 2. The summed E-state index contributed by atoms with van der Waals surface area (Å²) in [5, 5.41) is 0.131. The predicted octanol–water partition coefficient (Wildman–Crippen LogP) is 5.19. The van der Waals surface area contributed by atoms with Crippen LogP contribution in [0.5, 0.6) is 0 Å². The van der Waals surface area contributed by atoms with Gasteiger partial charge in [-0.2, -0.15) is 0 Å². The zero-order valence-electron chi connectivity index (χ0n) is 13.6. The van der Waals surface area contributed by atoms with E-state index in [4.69, 9.17) is 4.74 Å². The van der Waals surface area contributed by atoms with Crippen LogP contribution in [0.3, 0.4) is 0 Å². The molecule has 2 rings (SSSR count). The van der Waals surface area contributed by atoms with E-state index in [1.807, 2.05) is 42.5 Å². The van der Waals surface area contributed by atoms with Crippen molar-refractivity contribution in [2.45, 2.75) is 25.0 Å². The Balaban J connectivity index is 2.20. The molecule has 0 unspecified atom stereocenters. The van der Waals surface area contributed by atoms with E-state index in [1.165, 1.54) is 18.9 Å². The highest BCUT2D eigenvalue weighted by atomic mass is 79.9. The van der Waals surface area contributed by atoms with E-state index in [-0.39, 0.29) is 16.3 Å². The van der Waals surface area contributed by atoms with E-state index in [1.54, 1.807) is 13.0 Å². The molecule has 2 aromatic rings. The van der Waals surface area contributed by atoms with Crippen LogP contribution in [0.25, 0.3) is 0 Å². The van der Waals surface area contributed by atoms with Gasteiger partial charge in [-0.05, 0) is 42.2 Å². The molecular weight excluding hydrogens is 388 g/mol. The monoisotopic (exact) mass is 406 g/mol. The quantitative estimate of drug-likeness (QED) is 0.619. The van der Waals surface area contributed by atoms with Gasteiger partial charge in [0, 0.05) is 16.6 Å². The second-order valence-electron chi connectivity index (χ2n) is 5.34. The number of ether oxygens (including phenoxy) is 1. The molecule has 24 heavy (non-hydrogen) atoms. The van der Waals surface area contributed by atoms with E-state index in [0.717, 1.165) is 22.0 Å². The van der Waals surface area contributed by atoms with Gasteiger partial charge in [-0.1, -0.05) is 58.0 Å². The number of halogens is 1. The van der Waals surface area contributed by atoms with E-state index < -0.39 is 0 Å². The Kier molecular flexibility index (Phi) is 7.06. The van der Waals surface area contributed by atoms with Crippen molar-refractivity contribution in [1.82, 2.24) is 0 Å². The molecular formula is C19H19BrO3S. The highest BCUT2D eigenvalue weighted by Crippen LogP contribution is 2.35. The highest BCUT2D eigenvalue weighted by molar-refractivity contribution is 9.10. The first-order valence-electron chi connectivity index (χ1n) is 7.60. The molecule has 0 saturated carbocycles. The van der Waals surface area contributed by atoms with Crippen LogP contribution in [0.4, 0.5) is 0 Å². The summed E-state index contributed by atoms with van der Waals surface area (Å²) in [5.41, 5.74) is 2.62. The van der Waals surface area contributed by atoms with E-state index in [0.29, 0.717) is 12.0 Å². The van der Waals surface area contributed by atoms with Gasteiger partial charge in [0.25, 0.3) is 0 Å². The summed E-state index contributed by atoms with van der Waals surface area (Å²) in [6.07, 6.45) is 1.46. The molecule has 0 saturated heterocycles. The first-order valence-corrected chi connectivity index (χ1v) is 9.27. The number of carbonyl (C=O) groups is 2. The van der Waals surface area contributed by atoms with E-state index in [2.05, 4.69) is 15.9 Å². The topological polar surface area (TPSA) is 43.4 Å². The van der Waals surface area contributed by atoms with Crippen molar-refractivity contribution >= 4 is 38.8 Å². The van der Waals surface area contributed by atoms with Crippen LogP contribution in [0.15, 0.2) is 53.0 Å². The second-order valence-corrected chi connectivity index (χ2v) is 7.64. The van der Waals surface area contributed by atoms with Crippen LogP contribution in [0, 0.1) is 0 Å². The largest absolute Gasteiger partial charge is 0.465 e. The number of aryl methyl sites for hydroxylation is 1. The first-order chi connectivity index (χ1) is 11.5. The maximum atomic E-state index is 11.9. The van der Waals surface area contributed by atoms with Gasteiger partial charge in [-0.25, -0.2) is 4.79 Å². The van der Waals surface area contributed by atoms with Gasteiger partial charge >= 0.3 is 5.97 Å². The van der Waals surface area contributed by atoms with Crippen molar-refractivity contribution < 1.29 is 14.3 Å². The summed E-state index contributed by atoms with van der Waals surface area (Å²) in [7, 11) is 1.38. The maximum absolute atomic E-state index is 11.9. The Hall–Kier alpha value is -1.59. The minimum atomic E-state index is -0.330. The van der Waals surface area contributed by atoms with Crippen molar-refractivity contribution in [2.24, 2.45) is 0 Å². The lowest BCUT2D eigenvalue weighted by Crippen LogP contribution is -2.07. The Morgan fingerprint density at radius 2 is 1.92 bits per heavy atom. The molecule has 0 aromatic heterocycles. The molecule has 0 aliphatic heterocycles. The fourth-order valence-electron chi connectivity index (χ4n) is 2.53.